The second-order valence-electron chi connectivity index (χ2n) is 3.77. The molecule has 1 saturated carbocycles. The Hall–Kier alpha value is -0.920. The first-order chi connectivity index (χ1) is 5.61. The summed E-state index contributed by atoms with van der Waals surface area (Å²) in [5, 5.41) is 0. The third-order valence-electron chi connectivity index (χ3n) is 2.32. The summed E-state index contributed by atoms with van der Waals surface area (Å²) >= 11 is 0. The normalized spacial score (nSPS) is 17.1. The van der Waals surface area contributed by atoms with Crippen LogP contribution in [-0.4, -0.2) is 23.0 Å². The van der Waals surface area contributed by atoms with Crippen LogP contribution in [0.5, 0.6) is 0 Å². The van der Waals surface area contributed by atoms with Crippen LogP contribution in [0.2, 0.25) is 0 Å². The van der Waals surface area contributed by atoms with Crippen molar-refractivity contribution in [1.29, 1.82) is 0 Å². The van der Waals surface area contributed by atoms with E-state index in [1.54, 1.807) is 0 Å². The van der Waals surface area contributed by atoms with Crippen LogP contribution in [0, 0.1) is 24.7 Å². The number of hydrogen-bond acceptors (Lipinski definition) is 1. The first kappa shape index (κ1) is 9.17. The van der Waals surface area contributed by atoms with Gasteiger partial charge in [-0.25, -0.2) is 0 Å². The fourth-order valence-electron chi connectivity index (χ4n) is 1.35. The van der Waals surface area contributed by atoms with Crippen LogP contribution in [0.1, 0.15) is 26.7 Å². The Balaban J connectivity index is 2.66. The minimum atomic E-state index is -0.187. The van der Waals surface area contributed by atoms with Crippen LogP contribution in [0.3, 0.4) is 0 Å². The molecule has 0 N–H and O–H groups in total. The lowest BCUT2D eigenvalue weighted by atomic mass is 10.0. The molecule has 0 saturated heterocycles. The molecule has 0 amide bonds. The van der Waals surface area contributed by atoms with Crippen molar-refractivity contribution in [2.75, 3.05) is 6.54 Å². The molecule has 1 rings (SSSR count). The summed E-state index contributed by atoms with van der Waals surface area (Å²) in [6.07, 6.45) is 13.2. The van der Waals surface area contributed by atoms with E-state index in [-0.39, 0.29) is 5.54 Å². The molecule has 1 aliphatic carbocycles. The first-order valence-corrected chi connectivity index (χ1v) is 4.30. The second-order valence-corrected chi connectivity index (χ2v) is 3.77. The van der Waals surface area contributed by atoms with Gasteiger partial charge < -0.3 is 0 Å². The molecule has 0 aromatic carbocycles. The molecule has 12 heavy (non-hydrogen) atoms. The summed E-state index contributed by atoms with van der Waals surface area (Å²) in [5.41, 5.74) is -0.187. The predicted octanol–water partition coefficient (Wildman–Crippen LogP) is 1.50. The van der Waals surface area contributed by atoms with Crippen molar-refractivity contribution in [3.05, 3.63) is 0 Å². The standard InChI is InChI=1S/C11H15N/c1-5-9-12(10-7-8-10)11(3,4)6-2/h1-2,10H,7-9H2,3-4H3. The van der Waals surface area contributed by atoms with Gasteiger partial charge in [-0.2, -0.15) is 0 Å². The average molecular weight is 161 g/mol. The van der Waals surface area contributed by atoms with E-state index in [9.17, 15) is 0 Å². The van der Waals surface area contributed by atoms with Crippen LogP contribution >= 0.6 is 0 Å². The largest absolute Gasteiger partial charge is 0.273 e. The Morgan fingerprint density at radius 3 is 2.33 bits per heavy atom. The maximum absolute atomic E-state index is 5.44. The smallest absolute Gasteiger partial charge is 0.0776 e. The van der Waals surface area contributed by atoms with Crippen molar-refractivity contribution in [2.45, 2.75) is 38.3 Å². The molecular weight excluding hydrogens is 146 g/mol. The fraction of sp³-hybridized carbons (Fsp3) is 0.636. The molecule has 0 spiro atoms. The van der Waals surface area contributed by atoms with Crippen LogP contribution in [0.4, 0.5) is 0 Å². The van der Waals surface area contributed by atoms with Gasteiger partial charge in [-0.3, -0.25) is 4.90 Å². The molecule has 0 unspecified atom stereocenters. The first-order valence-electron chi connectivity index (χ1n) is 4.30. The molecule has 0 aromatic rings. The minimum absolute atomic E-state index is 0.187. The van der Waals surface area contributed by atoms with E-state index >= 15 is 0 Å². The lowest BCUT2D eigenvalue weighted by Gasteiger charge is -2.32. The van der Waals surface area contributed by atoms with Crippen LogP contribution < -0.4 is 0 Å². The third kappa shape index (κ3) is 1.81. The molecule has 1 nitrogen and oxygen atoms in total. The van der Waals surface area contributed by atoms with Gasteiger partial charge in [0.25, 0.3) is 0 Å². The zero-order valence-electron chi connectivity index (χ0n) is 7.80. The molecule has 64 valence electrons. The van der Waals surface area contributed by atoms with E-state index in [0.29, 0.717) is 12.6 Å². The molecule has 0 radical (unpaired) electrons. The minimum Gasteiger partial charge on any atom is -0.273 e. The van der Waals surface area contributed by atoms with Crippen molar-refractivity contribution >= 4 is 0 Å². The molecule has 1 heteroatoms. The SMILES string of the molecule is C#CCN(C1CC1)C(C)(C)C#C. The highest BCUT2D eigenvalue weighted by Gasteiger charge is 2.36. The average Bonchev–Trinajstić information content (AvgIpc) is 2.83. The summed E-state index contributed by atoms with van der Waals surface area (Å²) in [7, 11) is 0. The lowest BCUT2D eigenvalue weighted by Crippen LogP contribution is -2.44. The summed E-state index contributed by atoms with van der Waals surface area (Å²) in [6, 6.07) is 0.632. The summed E-state index contributed by atoms with van der Waals surface area (Å²) in [4.78, 5) is 2.23. The van der Waals surface area contributed by atoms with Gasteiger partial charge in [0.1, 0.15) is 0 Å². The molecule has 1 aliphatic rings. The van der Waals surface area contributed by atoms with Gasteiger partial charge in [0.15, 0.2) is 0 Å². The third-order valence-corrected chi connectivity index (χ3v) is 2.32. The topological polar surface area (TPSA) is 3.24 Å². The molecular formula is C11H15N. The van der Waals surface area contributed by atoms with Crippen molar-refractivity contribution < 1.29 is 0 Å². The molecule has 0 atom stereocenters. The highest BCUT2D eigenvalue weighted by atomic mass is 15.2. The van der Waals surface area contributed by atoms with E-state index in [4.69, 9.17) is 12.8 Å². The maximum atomic E-state index is 5.44. The Labute approximate surface area is 75.1 Å². The van der Waals surface area contributed by atoms with E-state index < -0.39 is 0 Å². The Kier molecular flexibility index (Phi) is 2.46. The van der Waals surface area contributed by atoms with Crippen molar-refractivity contribution in [3.8, 4) is 24.7 Å². The molecule has 1 fully saturated rings. The van der Waals surface area contributed by atoms with Crippen LogP contribution in [0.25, 0.3) is 0 Å². The number of hydrogen-bond donors (Lipinski definition) is 0. The van der Waals surface area contributed by atoms with Gasteiger partial charge in [-0.05, 0) is 26.7 Å². The highest BCUT2D eigenvalue weighted by molar-refractivity contribution is 5.13. The summed E-state index contributed by atoms with van der Waals surface area (Å²) in [5.74, 6) is 5.44. The Morgan fingerprint density at radius 1 is 1.42 bits per heavy atom. The van der Waals surface area contributed by atoms with Crippen molar-refractivity contribution in [2.24, 2.45) is 0 Å². The van der Waals surface area contributed by atoms with Gasteiger partial charge in [0.05, 0.1) is 12.1 Å². The van der Waals surface area contributed by atoms with Crippen LogP contribution in [0.15, 0.2) is 0 Å². The molecule has 0 aliphatic heterocycles. The van der Waals surface area contributed by atoms with Gasteiger partial charge >= 0.3 is 0 Å². The van der Waals surface area contributed by atoms with E-state index in [1.165, 1.54) is 12.8 Å². The van der Waals surface area contributed by atoms with Crippen molar-refractivity contribution in [3.63, 3.8) is 0 Å². The van der Waals surface area contributed by atoms with Crippen molar-refractivity contribution in [1.82, 2.24) is 4.90 Å². The van der Waals surface area contributed by atoms with Crippen LogP contribution in [-0.2, 0) is 0 Å². The number of nitrogens with zero attached hydrogens (tertiary/aromatic N) is 1. The van der Waals surface area contributed by atoms with Gasteiger partial charge in [-0.1, -0.05) is 11.8 Å². The lowest BCUT2D eigenvalue weighted by molar-refractivity contribution is 0.183. The second kappa shape index (κ2) is 3.21. The monoisotopic (exact) mass is 161 g/mol. The zero-order chi connectivity index (χ0) is 9.19. The van der Waals surface area contributed by atoms with E-state index in [0.717, 1.165) is 0 Å². The van der Waals surface area contributed by atoms with Gasteiger partial charge in [0.2, 0.25) is 0 Å². The Morgan fingerprint density at radius 2 is 2.00 bits per heavy atom. The summed E-state index contributed by atoms with van der Waals surface area (Å²) in [6.45, 7) is 4.76. The van der Waals surface area contributed by atoms with E-state index in [1.807, 2.05) is 13.8 Å². The fourth-order valence-corrected chi connectivity index (χ4v) is 1.35. The molecule has 0 heterocycles. The summed E-state index contributed by atoms with van der Waals surface area (Å²) < 4.78 is 0. The molecule has 0 aromatic heterocycles. The zero-order valence-corrected chi connectivity index (χ0v) is 7.80. The van der Waals surface area contributed by atoms with E-state index in [2.05, 4.69) is 16.7 Å². The predicted molar refractivity (Wildman–Crippen MR) is 51.5 cm³/mol. The number of rotatable bonds is 3. The quantitative estimate of drug-likeness (QED) is 0.567. The van der Waals surface area contributed by atoms with Gasteiger partial charge in [-0.15, -0.1) is 12.8 Å². The highest BCUT2D eigenvalue weighted by Crippen LogP contribution is 2.31. The number of terminal acetylenes is 2. The van der Waals surface area contributed by atoms with Gasteiger partial charge in [0, 0.05) is 6.04 Å². The molecule has 0 bridgehead atoms. The maximum Gasteiger partial charge on any atom is 0.0776 e. The Bertz CT molecular complexity index is 235.